The number of hydrogen-bond donors (Lipinski definition) is 2. The van der Waals surface area contributed by atoms with Crippen molar-refractivity contribution in [1.82, 2.24) is 29.4 Å². The molecular formula is C35H34ClN9O3. The number of aromatic nitrogens is 5. The number of fused-ring (bicyclic) bond motifs is 2. The Hall–Kier alpha value is -5.33. The number of nitrogens with one attached hydrogen (secondary N) is 2. The van der Waals surface area contributed by atoms with Crippen molar-refractivity contribution in [2.45, 2.75) is 33.4 Å². The molecule has 5 aromatic rings. The molecule has 2 aliphatic rings. The summed E-state index contributed by atoms with van der Waals surface area (Å²) in [4.78, 5) is 48.6. The van der Waals surface area contributed by atoms with Crippen molar-refractivity contribution in [3.8, 4) is 16.9 Å². The first-order chi connectivity index (χ1) is 23.2. The number of amides is 2. The molecule has 0 spiro atoms. The number of anilines is 3. The van der Waals surface area contributed by atoms with Crippen LogP contribution in [0.25, 0.3) is 11.1 Å². The second-order valence-corrected chi connectivity index (χ2v) is 12.4. The fourth-order valence-corrected chi connectivity index (χ4v) is 6.41. The van der Waals surface area contributed by atoms with Crippen LogP contribution in [0.2, 0.25) is 5.02 Å². The Bertz CT molecular complexity index is 2080. The molecule has 5 heterocycles. The van der Waals surface area contributed by atoms with Crippen LogP contribution in [0.1, 0.15) is 49.4 Å². The summed E-state index contributed by atoms with van der Waals surface area (Å²) in [6, 6.07) is 14.6. The van der Waals surface area contributed by atoms with E-state index in [1.165, 1.54) is 0 Å². The monoisotopic (exact) mass is 663 g/mol. The minimum atomic E-state index is -0.369. The maximum Gasteiger partial charge on any atom is 0.291 e. The van der Waals surface area contributed by atoms with Gasteiger partial charge in [-0.2, -0.15) is 0 Å². The fourth-order valence-electron chi connectivity index (χ4n) is 6.13. The zero-order chi connectivity index (χ0) is 33.5. The van der Waals surface area contributed by atoms with Crippen LogP contribution in [0.5, 0.6) is 5.75 Å². The van der Waals surface area contributed by atoms with E-state index in [9.17, 15) is 9.59 Å². The summed E-state index contributed by atoms with van der Waals surface area (Å²) in [6.07, 6.45) is 4.21. The molecule has 7 rings (SSSR count). The maximum absolute atomic E-state index is 13.4. The van der Waals surface area contributed by atoms with Crippen molar-refractivity contribution >= 4 is 40.6 Å². The van der Waals surface area contributed by atoms with E-state index in [-0.39, 0.29) is 24.2 Å². The van der Waals surface area contributed by atoms with Gasteiger partial charge in [0, 0.05) is 67.5 Å². The lowest BCUT2D eigenvalue weighted by Crippen LogP contribution is -2.33. The molecule has 0 saturated carbocycles. The lowest BCUT2D eigenvalue weighted by atomic mass is 9.98. The Labute approximate surface area is 282 Å². The number of aryl methyl sites for hydroxylation is 1. The van der Waals surface area contributed by atoms with Gasteiger partial charge in [-0.15, -0.1) is 0 Å². The van der Waals surface area contributed by atoms with Gasteiger partial charge in [0.05, 0.1) is 22.9 Å². The van der Waals surface area contributed by atoms with Gasteiger partial charge in [0.1, 0.15) is 23.1 Å². The van der Waals surface area contributed by atoms with Crippen molar-refractivity contribution in [3.63, 3.8) is 0 Å². The third kappa shape index (κ3) is 5.96. The van der Waals surface area contributed by atoms with Crippen LogP contribution in [-0.2, 0) is 26.6 Å². The predicted molar refractivity (Wildman–Crippen MR) is 183 cm³/mol. The second kappa shape index (κ2) is 12.7. The summed E-state index contributed by atoms with van der Waals surface area (Å²) < 4.78 is 7.84. The molecule has 48 heavy (non-hydrogen) atoms. The predicted octanol–water partition coefficient (Wildman–Crippen LogP) is 5.39. The summed E-state index contributed by atoms with van der Waals surface area (Å²) in [6.45, 7) is 6.21. The van der Waals surface area contributed by atoms with Crippen molar-refractivity contribution in [2.24, 2.45) is 7.05 Å². The second-order valence-electron chi connectivity index (χ2n) is 12.0. The number of pyridine rings is 1. The van der Waals surface area contributed by atoms with Gasteiger partial charge in [0.25, 0.3) is 11.8 Å². The number of halogens is 1. The standard InChI is InChI=1S/C35H34ClN9O3/c1-20-23(24-8-6-10-26(32(24)36)42-35(47)33-40-28-18-43(3)14-12-29(28)44(33)4)7-5-9-25(20)41-34(46)27-15-30-22(16-38-27)17-45(19-48-30)31-11-13-37-21(2)39-31/h5-11,13,15-16H,12,14,17-19H2,1-4H3,(H,41,46)(H,42,47). The highest BCUT2D eigenvalue weighted by atomic mass is 35.5. The lowest BCUT2D eigenvalue weighted by Gasteiger charge is -2.29. The molecule has 12 nitrogen and oxygen atoms in total. The number of likely N-dealkylation sites (N-methyl/N-ethyl adjacent to an activating group) is 1. The molecule has 0 aliphatic carbocycles. The van der Waals surface area contributed by atoms with Gasteiger partial charge in [0.2, 0.25) is 0 Å². The third-order valence-electron chi connectivity index (χ3n) is 8.77. The first-order valence-electron chi connectivity index (χ1n) is 15.6. The Morgan fingerprint density at radius 2 is 1.69 bits per heavy atom. The molecule has 3 aromatic heterocycles. The van der Waals surface area contributed by atoms with Gasteiger partial charge >= 0.3 is 0 Å². The van der Waals surface area contributed by atoms with Crippen molar-refractivity contribution < 1.29 is 14.3 Å². The number of nitrogens with zero attached hydrogens (tertiary/aromatic N) is 7. The number of benzene rings is 2. The van der Waals surface area contributed by atoms with Crippen molar-refractivity contribution in [1.29, 1.82) is 0 Å². The lowest BCUT2D eigenvalue weighted by molar-refractivity contribution is 0.100. The third-order valence-corrected chi connectivity index (χ3v) is 9.17. The molecule has 0 radical (unpaired) electrons. The topological polar surface area (TPSA) is 130 Å². The number of carbonyl (C=O) groups is 2. The van der Waals surface area contributed by atoms with E-state index >= 15 is 0 Å². The van der Waals surface area contributed by atoms with Crippen LogP contribution >= 0.6 is 11.6 Å². The minimum Gasteiger partial charge on any atom is -0.473 e. The highest BCUT2D eigenvalue weighted by Gasteiger charge is 2.25. The fraction of sp³-hybridized carbons (Fsp3) is 0.257. The van der Waals surface area contributed by atoms with Crippen molar-refractivity contribution in [2.75, 3.05) is 35.9 Å². The maximum atomic E-state index is 13.4. The Kier molecular flexibility index (Phi) is 8.28. The molecule has 244 valence electrons. The van der Waals surface area contributed by atoms with Gasteiger partial charge in [0.15, 0.2) is 12.6 Å². The van der Waals surface area contributed by atoms with Gasteiger partial charge in [-0.05, 0) is 50.2 Å². The van der Waals surface area contributed by atoms with Gasteiger partial charge in [-0.25, -0.2) is 15.0 Å². The Morgan fingerprint density at radius 1 is 0.917 bits per heavy atom. The van der Waals surface area contributed by atoms with E-state index in [0.717, 1.165) is 46.9 Å². The SMILES string of the molecule is Cc1nccc(N2COc3cc(C(=O)Nc4cccc(-c5cccc(NC(=O)c6nc7c(n6C)CCN(C)C7)c5Cl)c4C)ncc3C2)n1. The summed E-state index contributed by atoms with van der Waals surface area (Å²) in [5.74, 6) is 1.69. The normalized spacial score (nSPS) is 14.1. The molecule has 2 N–H and O–H groups in total. The van der Waals surface area contributed by atoms with Crippen LogP contribution in [0, 0.1) is 13.8 Å². The number of hydrogen-bond acceptors (Lipinski definition) is 9. The summed E-state index contributed by atoms with van der Waals surface area (Å²) in [7, 11) is 3.91. The first kappa shape index (κ1) is 31.3. The van der Waals surface area contributed by atoms with E-state index < -0.39 is 0 Å². The quantitative estimate of drug-likeness (QED) is 0.246. The number of ether oxygens (including phenoxy) is 1. The molecule has 0 unspecified atom stereocenters. The number of imidazole rings is 1. The van der Waals surface area contributed by atoms with Crippen LogP contribution in [0.3, 0.4) is 0 Å². The molecule has 13 heteroatoms. The molecule has 0 saturated heterocycles. The summed E-state index contributed by atoms with van der Waals surface area (Å²) in [5, 5.41) is 6.34. The van der Waals surface area contributed by atoms with Crippen LogP contribution < -0.4 is 20.3 Å². The average molecular weight is 664 g/mol. The molecular weight excluding hydrogens is 630 g/mol. The highest BCUT2D eigenvalue weighted by molar-refractivity contribution is 6.36. The zero-order valence-corrected chi connectivity index (χ0v) is 27.8. The van der Waals surface area contributed by atoms with E-state index in [2.05, 4.69) is 35.5 Å². The summed E-state index contributed by atoms with van der Waals surface area (Å²) >= 11 is 6.91. The van der Waals surface area contributed by atoms with E-state index in [1.54, 1.807) is 24.5 Å². The summed E-state index contributed by atoms with van der Waals surface area (Å²) in [5.41, 5.74) is 6.49. The van der Waals surface area contributed by atoms with Crippen LogP contribution in [-0.4, -0.2) is 61.5 Å². The highest BCUT2D eigenvalue weighted by Crippen LogP contribution is 2.38. The van der Waals surface area contributed by atoms with Crippen LogP contribution in [0.4, 0.5) is 17.2 Å². The number of carbonyl (C=O) groups excluding carboxylic acids is 2. The Balaban J connectivity index is 1.08. The molecule has 0 atom stereocenters. The van der Waals surface area contributed by atoms with Gasteiger partial charge in [-0.1, -0.05) is 35.9 Å². The van der Waals surface area contributed by atoms with E-state index in [4.69, 9.17) is 16.3 Å². The largest absolute Gasteiger partial charge is 0.473 e. The Morgan fingerprint density at radius 3 is 2.50 bits per heavy atom. The molecule has 0 fully saturated rings. The molecule has 0 bridgehead atoms. The van der Waals surface area contributed by atoms with Gasteiger partial charge < -0.3 is 29.7 Å². The van der Waals surface area contributed by atoms with Crippen LogP contribution in [0.15, 0.2) is 60.9 Å². The van der Waals surface area contributed by atoms with Gasteiger partial charge in [-0.3, -0.25) is 14.6 Å². The van der Waals surface area contributed by atoms with E-state index in [0.29, 0.717) is 52.4 Å². The molecule has 2 amide bonds. The van der Waals surface area contributed by atoms with Crippen molar-refractivity contribution in [3.05, 3.63) is 106 Å². The smallest absolute Gasteiger partial charge is 0.291 e. The molecule has 2 aliphatic heterocycles. The van der Waals surface area contributed by atoms with E-state index in [1.807, 2.05) is 73.8 Å². The first-order valence-corrected chi connectivity index (χ1v) is 15.9. The minimum absolute atomic E-state index is 0.232. The average Bonchev–Trinajstić information content (AvgIpc) is 3.41. The molecule has 2 aromatic carbocycles. The number of rotatable bonds is 6. The zero-order valence-electron chi connectivity index (χ0n) is 27.0.